The van der Waals surface area contributed by atoms with Gasteiger partial charge in [0, 0.05) is 11.0 Å². The van der Waals surface area contributed by atoms with Gasteiger partial charge in [-0.25, -0.2) is 4.79 Å². The van der Waals surface area contributed by atoms with Gasteiger partial charge in [0.05, 0.1) is 19.3 Å². The third-order valence-electron chi connectivity index (χ3n) is 2.74. The fourth-order valence-corrected chi connectivity index (χ4v) is 1.70. The molecule has 0 bridgehead atoms. The third-order valence-corrected chi connectivity index (χ3v) is 2.74. The lowest BCUT2D eigenvalue weighted by atomic mass is 9.84. The predicted octanol–water partition coefficient (Wildman–Crippen LogP) is 2.81. The van der Waals surface area contributed by atoms with Gasteiger partial charge in [-0.15, -0.1) is 0 Å². The molecule has 0 amide bonds. The maximum atomic E-state index is 12.4. The van der Waals surface area contributed by atoms with Crippen molar-refractivity contribution in [2.24, 2.45) is 5.41 Å². The second-order valence-corrected chi connectivity index (χ2v) is 5.37. The number of hydrogen-bond acceptors (Lipinski definition) is 5. The number of ether oxygens (including phenoxy) is 2. The molecule has 1 aromatic rings. The summed E-state index contributed by atoms with van der Waals surface area (Å²) in [5.74, 6) is -0.927. The van der Waals surface area contributed by atoms with E-state index in [9.17, 15) is 14.7 Å². The van der Waals surface area contributed by atoms with Gasteiger partial charge in [0.1, 0.15) is 0 Å². The summed E-state index contributed by atoms with van der Waals surface area (Å²) in [4.78, 5) is 24.4. The first-order valence-electron chi connectivity index (χ1n) is 6.35. The highest BCUT2D eigenvalue weighted by molar-refractivity contribution is 6.09. The number of rotatable bonds is 4. The van der Waals surface area contributed by atoms with Crippen LogP contribution in [0.2, 0.25) is 0 Å². The molecule has 0 radical (unpaired) electrons. The number of benzene rings is 1. The van der Waals surface area contributed by atoms with Gasteiger partial charge in [-0.3, -0.25) is 4.79 Å². The minimum absolute atomic E-state index is 0.0985. The Morgan fingerprint density at radius 3 is 2.25 bits per heavy atom. The molecule has 20 heavy (non-hydrogen) atoms. The molecule has 5 nitrogen and oxygen atoms in total. The largest absolute Gasteiger partial charge is 0.504 e. The zero-order valence-corrected chi connectivity index (χ0v) is 12.4. The molecule has 0 atom stereocenters. The van der Waals surface area contributed by atoms with Crippen LogP contribution in [0.3, 0.4) is 0 Å². The van der Waals surface area contributed by atoms with E-state index in [1.165, 1.54) is 19.2 Å². The number of phenolic OH excluding ortho intramolecular Hbond substituents is 1. The van der Waals surface area contributed by atoms with Crippen molar-refractivity contribution in [2.75, 3.05) is 13.7 Å². The van der Waals surface area contributed by atoms with Crippen LogP contribution in [-0.4, -0.2) is 30.6 Å². The second kappa shape index (κ2) is 5.94. The molecule has 0 fully saturated rings. The predicted molar refractivity (Wildman–Crippen MR) is 74.4 cm³/mol. The van der Waals surface area contributed by atoms with Gasteiger partial charge >= 0.3 is 5.97 Å². The Balaban J connectivity index is 3.45. The first-order valence-corrected chi connectivity index (χ1v) is 6.35. The lowest BCUT2D eigenvalue weighted by molar-refractivity contribution is 0.0521. The number of ketones is 1. The number of phenols is 1. The molecule has 1 rings (SSSR count). The van der Waals surface area contributed by atoms with E-state index in [0.717, 1.165) is 0 Å². The summed E-state index contributed by atoms with van der Waals surface area (Å²) in [6.45, 7) is 7.11. The molecule has 0 saturated heterocycles. The Labute approximate surface area is 118 Å². The Morgan fingerprint density at radius 2 is 1.80 bits per heavy atom. The van der Waals surface area contributed by atoms with E-state index in [2.05, 4.69) is 0 Å². The lowest BCUT2D eigenvalue weighted by Crippen LogP contribution is -2.23. The summed E-state index contributed by atoms with van der Waals surface area (Å²) < 4.78 is 9.91. The van der Waals surface area contributed by atoms with Crippen LogP contribution in [0.4, 0.5) is 0 Å². The van der Waals surface area contributed by atoms with Crippen LogP contribution in [0.15, 0.2) is 12.1 Å². The fourth-order valence-electron chi connectivity index (χ4n) is 1.70. The smallest absolute Gasteiger partial charge is 0.338 e. The minimum Gasteiger partial charge on any atom is -0.504 e. The molecule has 0 heterocycles. The number of carbonyl (C=O) groups excluding carboxylic acids is 2. The maximum absolute atomic E-state index is 12.4. The van der Waals surface area contributed by atoms with Crippen molar-refractivity contribution < 1.29 is 24.2 Å². The Hall–Kier alpha value is -2.04. The van der Waals surface area contributed by atoms with Gasteiger partial charge < -0.3 is 14.6 Å². The topological polar surface area (TPSA) is 72.8 Å². The van der Waals surface area contributed by atoms with E-state index < -0.39 is 11.4 Å². The number of carbonyl (C=O) groups is 2. The molecule has 110 valence electrons. The normalized spacial score (nSPS) is 11.1. The van der Waals surface area contributed by atoms with E-state index in [1.54, 1.807) is 27.7 Å². The third kappa shape index (κ3) is 3.29. The van der Waals surface area contributed by atoms with Crippen molar-refractivity contribution in [3.8, 4) is 11.5 Å². The number of Topliss-reactive ketones (excluding diaryl/α,β-unsaturated/α-hetero) is 1. The van der Waals surface area contributed by atoms with Gasteiger partial charge in [-0.05, 0) is 19.1 Å². The van der Waals surface area contributed by atoms with Crippen LogP contribution < -0.4 is 4.74 Å². The zero-order valence-electron chi connectivity index (χ0n) is 12.4. The van der Waals surface area contributed by atoms with Crippen LogP contribution in [-0.2, 0) is 4.74 Å². The first-order chi connectivity index (χ1) is 9.22. The molecule has 0 aliphatic carbocycles. The van der Waals surface area contributed by atoms with Gasteiger partial charge in [0.2, 0.25) is 0 Å². The molecule has 0 spiro atoms. The number of methoxy groups -OCH3 is 1. The van der Waals surface area contributed by atoms with Gasteiger partial charge in [0.25, 0.3) is 0 Å². The summed E-state index contributed by atoms with van der Waals surface area (Å²) >= 11 is 0. The Bertz CT molecular complexity index is 526. The van der Waals surface area contributed by atoms with Crippen molar-refractivity contribution in [1.29, 1.82) is 0 Å². The molecule has 0 saturated carbocycles. The average Bonchev–Trinajstić information content (AvgIpc) is 2.36. The van der Waals surface area contributed by atoms with E-state index in [1.807, 2.05) is 0 Å². The van der Waals surface area contributed by atoms with Crippen LogP contribution in [0.25, 0.3) is 0 Å². The summed E-state index contributed by atoms with van der Waals surface area (Å²) in [7, 11) is 1.37. The van der Waals surface area contributed by atoms with Crippen LogP contribution >= 0.6 is 0 Å². The van der Waals surface area contributed by atoms with Crippen molar-refractivity contribution in [3.05, 3.63) is 23.3 Å². The standard InChI is InChI=1S/C15H20O5/c1-6-20-14(18)10-8-12(19-5)11(16)7-9(10)13(17)15(2,3)4/h7-8,16H,6H2,1-5H3. The summed E-state index contributed by atoms with van der Waals surface area (Å²) in [6.07, 6.45) is 0. The molecular formula is C15H20O5. The second-order valence-electron chi connectivity index (χ2n) is 5.37. The van der Waals surface area contributed by atoms with E-state index >= 15 is 0 Å². The monoisotopic (exact) mass is 280 g/mol. The van der Waals surface area contributed by atoms with E-state index in [-0.39, 0.29) is 35.0 Å². The highest BCUT2D eigenvalue weighted by Crippen LogP contribution is 2.33. The van der Waals surface area contributed by atoms with Gasteiger partial charge in [-0.1, -0.05) is 20.8 Å². The van der Waals surface area contributed by atoms with E-state index in [0.29, 0.717) is 0 Å². The van der Waals surface area contributed by atoms with Crippen molar-refractivity contribution in [2.45, 2.75) is 27.7 Å². The average molecular weight is 280 g/mol. The van der Waals surface area contributed by atoms with Crippen molar-refractivity contribution in [1.82, 2.24) is 0 Å². The maximum Gasteiger partial charge on any atom is 0.338 e. The molecule has 0 aromatic heterocycles. The van der Waals surface area contributed by atoms with Crippen molar-refractivity contribution in [3.63, 3.8) is 0 Å². The molecule has 1 N–H and O–H groups in total. The number of hydrogen-bond donors (Lipinski definition) is 1. The van der Waals surface area contributed by atoms with Crippen LogP contribution in [0.5, 0.6) is 11.5 Å². The highest BCUT2D eigenvalue weighted by atomic mass is 16.5. The molecule has 0 unspecified atom stereocenters. The zero-order chi connectivity index (χ0) is 15.5. The minimum atomic E-state index is -0.678. The summed E-state index contributed by atoms with van der Waals surface area (Å²) in [5, 5.41) is 9.81. The Kier molecular flexibility index (Phi) is 4.76. The highest BCUT2D eigenvalue weighted by Gasteiger charge is 2.29. The summed E-state index contributed by atoms with van der Waals surface area (Å²) in [6, 6.07) is 2.57. The number of esters is 1. The fraction of sp³-hybridized carbons (Fsp3) is 0.467. The lowest BCUT2D eigenvalue weighted by Gasteiger charge is -2.19. The SMILES string of the molecule is CCOC(=O)c1cc(OC)c(O)cc1C(=O)C(C)(C)C. The first kappa shape index (κ1) is 16.0. The van der Waals surface area contributed by atoms with E-state index in [4.69, 9.17) is 9.47 Å². The molecule has 1 aromatic carbocycles. The number of aromatic hydroxyl groups is 1. The van der Waals surface area contributed by atoms with Crippen molar-refractivity contribution >= 4 is 11.8 Å². The van der Waals surface area contributed by atoms with Crippen LogP contribution in [0, 0.1) is 5.41 Å². The van der Waals surface area contributed by atoms with Gasteiger partial charge in [0.15, 0.2) is 17.3 Å². The molecular weight excluding hydrogens is 260 g/mol. The van der Waals surface area contributed by atoms with Crippen LogP contribution in [0.1, 0.15) is 48.4 Å². The molecule has 0 aliphatic heterocycles. The summed E-state index contributed by atoms with van der Waals surface area (Å²) in [5.41, 5.74) is -0.446. The van der Waals surface area contributed by atoms with Gasteiger partial charge in [-0.2, -0.15) is 0 Å². The molecule has 0 aliphatic rings. The Morgan fingerprint density at radius 1 is 1.20 bits per heavy atom. The quantitative estimate of drug-likeness (QED) is 0.678. The molecule has 5 heteroatoms.